The van der Waals surface area contributed by atoms with E-state index in [9.17, 15) is 13.5 Å². The SMILES string of the molecule is Cc1ccc(S(=O)(=O)NCC(C)(C)CO)c2cccnc12. The van der Waals surface area contributed by atoms with Gasteiger partial charge in [-0.2, -0.15) is 0 Å². The predicted molar refractivity (Wildman–Crippen MR) is 82.5 cm³/mol. The molecule has 0 fully saturated rings. The van der Waals surface area contributed by atoms with Crippen LogP contribution in [0.4, 0.5) is 0 Å². The first kappa shape index (κ1) is 15.9. The molecule has 6 heteroatoms. The molecular formula is C15H20N2O3S. The van der Waals surface area contributed by atoms with Crippen molar-refractivity contribution in [3.8, 4) is 0 Å². The van der Waals surface area contributed by atoms with Gasteiger partial charge in [-0.25, -0.2) is 13.1 Å². The number of hydrogen-bond donors (Lipinski definition) is 2. The van der Waals surface area contributed by atoms with E-state index in [0.717, 1.165) is 5.56 Å². The molecule has 0 unspecified atom stereocenters. The molecule has 0 radical (unpaired) electrons. The number of nitrogens with zero attached hydrogens (tertiary/aromatic N) is 1. The average Bonchev–Trinajstić information content (AvgIpc) is 2.46. The molecule has 1 heterocycles. The normalized spacial score (nSPS) is 12.8. The number of pyridine rings is 1. The van der Waals surface area contributed by atoms with E-state index in [-0.39, 0.29) is 18.0 Å². The molecule has 0 spiro atoms. The predicted octanol–water partition coefficient (Wildman–Crippen LogP) is 1.84. The molecule has 0 saturated carbocycles. The zero-order valence-corrected chi connectivity index (χ0v) is 13.2. The highest BCUT2D eigenvalue weighted by Crippen LogP contribution is 2.24. The van der Waals surface area contributed by atoms with E-state index >= 15 is 0 Å². The summed E-state index contributed by atoms with van der Waals surface area (Å²) in [5, 5.41) is 9.83. The Bertz CT molecular complexity index is 755. The fraction of sp³-hybridized carbons (Fsp3) is 0.400. The van der Waals surface area contributed by atoms with E-state index in [2.05, 4.69) is 9.71 Å². The second kappa shape index (κ2) is 5.71. The molecule has 0 aliphatic rings. The van der Waals surface area contributed by atoms with Crippen molar-refractivity contribution in [1.29, 1.82) is 0 Å². The van der Waals surface area contributed by atoms with E-state index in [4.69, 9.17) is 0 Å². The van der Waals surface area contributed by atoms with E-state index in [0.29, 0.717) is 10.9 Å². The maximum absolute atomic E-state index is 12.5. The molecule has 21 heavy (non-hydrogen) atoms. The Morgan fingerprint density at radius 3 is 2.67 bits per heavy atom. The van der Waals surface area contributed by atoms with Crippen LogP contribution in [0.3, 0.4) is 0 Å². The largest absolute Gasteiger partial charge is 0.396 e. The van der Waals surface area contributed by atoms with Crippen LogP contribution in [0, 0.1) is 12.3 Å². The quantitative estimate of drug-likeness (QED) is 0.883. The smallest absolute Gasteiger partial charge is 0.241 e. The standard InChI is InChI=1S/C15H20N2O3S/c1-11-6-7-13(12-5-4-8-16-14(11)12)21(19,20)17-9-15(2,3)10-18/h4-8,17-18H,9-10H2,1-3H3. The minimum absolute atomic E-state index is 0.0915. The van der Waals surface area contributed by atoms with E-state index < -0.39 is 15.4 Å². The third-order valence-corrected chi connectivity index (χ3v) is 4.85. The van der Waals surface area contributed by atoms with Gasteiger partial charge in [0, 0.05) is 30.1 Å². The first-order valence-electron chi connectivity index (χ1n) is 6.72. The van der Waals surface area contributed by atoms with Crippen molar-refractivity contribution in [1.82, 2.24) is 9.71 Å². The monoisotopic (exact) mass is 308 g/mol. The minimum atomic E-state index is -3.65. The van der Waals surface area contributed by atoms with Crippen LogP contribution >= 0.6 is 0 Å². The summed E-state index contributed by atoms with van der Waals surface area (Å²) in [6.45, 7) is 5.57. The average molecular weight is 308 g/mol. The summed E-state index contributed by atoms with van der Waals surface area (Å²) in [5.41, 5.74) is 1.10. The number of sulfonamides is 1. The van der Waals surface area contributed by atoms with Crippen LogP contribution in [-0.2, 0) is 10.0 Å². The van der Waals surface area contributed by atoms with Crippen LogP contribution in [0.1, 0.15) is 19.4 Å². The molecule has 2 N–H and O–H groups in total. The highest BCUT2D eigenvalue weighted by atomic mass is 32.2. The van der Waals surface area contributed by atoms with Crippen LogP contribution in [0.2, 0.25) is 0 Å². The highest BCUT2D eigenvalue weighted by Gasteiger charge is 2.23. The molecule has 2 aromatic rings. The molecule has 1 aromatic heterocycles. The van der Waals surface area contributed by atoms with Crippen molar-refractivity contribution < 1.29 is 13.5 Å². The molecule has 0 saturated heterocycles. The lowest BCUT2D eigenvalue weighted by atomic mass is 9.96. The topological polar surface area (TPSA) is 79.3 Å². The zero-order chi connectivity index (χ0) is 15.7. The van der Waals surface area contributed by atoms with Crippen molar-refractivity contribution in [2.45, 2.75) is 25.7 Å². The van der Waals surface area contributed by atoms with Crippen LogP contribution in [0.5, 0.6) is 0 Å². The Balaban J connectivity index is 2.44. The van der Waals surface area contributed by atoms with E-state index in [1.165, 1.54) is 0 Å². The van der Waals surface area contributed by atoms with E-state index in [1.54, 1.807) is 44.3 Å². The number of aromatic nitrogens is 1. The summed E-state index contributed by atoms with van der Waals surface area (Å²) < 4.78 is 27.6. The van der Waals surface area contributed by atoms with Gasteiger partial charge < -0.3 is 5.11 Å². The zero-order valence-electron chi connectivity index (χ0n) is 12.4. The minimum Gasteiger partial charge on any atom is -0.396 e. The molecule has 0 aliphatic heterocycles. The van der Waals surface area contributed by atoms with Crippen molar-refractivity contribution in [3.63, 3.8) is 0 Å². The molecule has 0 atom stereocenters. The highest BCUT2D eigenvalue weighted by molar-refractivity contribution is 7.89. The van der Waals surface area contributed by atoms with Gasteiger partial charge in [0.25, 0.3) is 0 Å². The van der Waals surface area contributed by atoms with Crippen LogP contribution in [0.15, 0.2) is 35.4 Å². The number of benzene rings is 1. The van der Waals surface area contributed by atoms with E-state index in [1.807, 2.05) is 6.92 Å². The summed E-state index contributed by atoms with van der Waals surface area (Å²) in [4.78, 5) is 4.46. The maximum Gasteiger partial charge on any atom is 0.241 e. The van der Waals surface area contributed by atoms with Crippen molar-refractivity contribution >= 4 is 20.9 Å². The van der Waals surface area contributed by atoms with Gasteiger partial charge in [0.1, 0.15) is 0 Å². The third kappa shape index (κ3) is 3.40. The van der Waals surface area contributed by atoms with Gasteiger partial charge in [-0.3, -0.25) is 4.98 Å². The second-order valence-corrected chi connectivity index (χ2v) is 7.66. The summed E-state index contributed by atoms with van der Waals surface area (Å²) in [5.74, 6) is 0. The first-order chi connectivity index (χ1) is 9.77. The van der Waals surface area contributed by atoms with Crippen molar-refractivity contribution in [2.75, 3.05) is 13.2 Å². The number of nitrogens with one attached hydrogen (secondary N) is 1. The number of hydrogen-bond acceptors (Lipinski definition) is 4. The summed E-state index contributed by atoms with van der Waals surface area (Å²) in [6, 6.07) is 6.81. The number of rotatable bonds is 5. The van der Waals surface area contributed by atoms with Crippen LogP contribution in [0.25, 0.3) is 10.9 Å². The molecule has 1 aromatic carbocycles. The Labute approximate surface area is 125 Å². The molecule has 5 nitrogen and oxygen atoms in total. The van der Waals surface area contributed by atoms with Crippen LogP contribution in [-0.4, -0.2) is 31.7 Å². The molecule has 0 bridgehead atoms. The lowest BCUT2D eigenvalue weighted by Gasteiger charge is -2.22. The van der Waals surface area contributed by atoms with Crippen LogP contribution < -0.4 is 4.72 Å². The number of aliphatic hydroxyl groups excluding tert-OH is 1. The van der Waals surface area contributed by atoms with Gasteiger partial charge in [-0.1, -0.05) is 19.9 Å². The number of aliphatic hydroxyl groups is 1. The van der Waals surface area contributed by atoms with Gasteiger partial charge in [0.05, 0.1) is 10.4 Å². The molecule has 0 aliphatic carbocycles. The van der Waals surface area contributed by atoms with Gasteiger partial charge >= 0.3 is 0 Å². The fourth-order valence-electron chi connectivity index (χ4n) is 1.95. The Kier molecular flexibility index (Phi) is 4.32. The summed E-state index contributed by atoms with van der Waals surface area (Å²) >= 11 is 0. The van der Waals surface area contributed by atoms with Gasteiger partial charge in [-0.15, -0.1) is 0 Å². The summed E-state index contributed by atoms with van der Waals surface area (Å²) in [7, 11) is -3.65. The van der Waals surface area contributed by atoms with Crippen molar-refractivity contribution in [2.24, 2.45) is 5.41 Å². The molecule has 0 amide bonds. The Morgan fingerprint density at radius 2 is 2.00 bits per heavy atom. The van der Waals surface area contributed by atoms with Gasteiger partial charge in [0.15, 0.2) is 0 Å². The first-order valence-corrected chi connectivity index (χ1v) is 8.20. The molecular weight excluding hydrogens is 288 g/mol. The van der Waals surface area contributed by atoms with Crippen molar-refractivity contribution in [3.05, 3.63) is 36.0 Å². The maximum atomic E-state index is 12.5. The lowest BCUT2D eigenvalue weighted by Crippen LogP contribution is -2.36. The molecule has 2 rings (SSSR count). The summed E-state index contributed by atoms with van der Waals surface area (Å²) in [6.07, 6.45) is 1.65. The Hall–Kier alpha value is -1.50. The second-order valence-electron chi connectivity index (χ2n) is 5.93. The van der Waals surface area contributed by atoms with Gasteiger partial charge in [-0.05, 0) is 30.7 Å². The number of aryl methyl sites for hydroxylation is 1. The fourth-order valence-corrected chi connectivity index (χ4v) is 3.38. The third-order valence-electron chi connectivity index (χ3n) is 3.39. The Morgan fingerprint density at radius 1 is 1.29 bits per heavy atom. The lowest BCUT2D eigenvalue weighted by molar-refractivity contribution is 0.163. The molecule has 114 valence electrons. The van der Waals surface area contributed by atoms with Gasteiger partial charge in [0.2, 0.25) is 10.0 Å². The number of fused-ring (bicyclic) bond motifs is 1.